The first-order chi connectivity index (χ1) is 55.5. The van der Waals surface area contributed by atoms with Crippen LogP contribution in [0.1, 0.15) is 0 Å². The zero-order valence-electron chi connectivity index (χ0n) is 60.3. The molecule has 524 valence electrons. The van der Waals surface area contributed by atoms with Crippen molar-refractivity contribution in [2.45, 2.75) is 0 Å². The minimum absolute atomic E-state index is 0.601. The number of rotatable bonds is 12. The van der Waals surface area contributed by atoms with Crippen LogP contribution in [0.4, 0.5) is 0 Å². The van der Waals surface area contributed by atoms with Crippen molar-refractivity contribution in [1.29, 1.82) is 0 Å². The lowest BCUT2D eigenvalue weighted by atomic mass is 9.91. The SMILES string of the molecule is c1ccc(-c2ccc(-c3ccc4oc5cc6c(cc5c4c3)c3ccccc3n6-c3ccccc3)c(-c3nc(-c4ccccc4)nc(-c4ccccc4)n3)c2)cc1.c1ccc(-c2ccc(-c3cccc4oc5cc6c(cc5c34)c3ccccc3n6-c3ccccc3)c(-c3nc(-c4ccccc4)nc(-c4ccccc4)n3)c2)cc1. The van der Waals surface area contributed by atoms with Gasteiger partial charge in [0, 0.05) is 100.0 Å². The maximum atomic E-state index is 6.75. The van der Waals surface area contributed by atoms with Gasteiger partial charge in [0.1, 0.15) is 22.3 Å². The number of aromatic nitrogens is 8. The van der Waals surface area contributed by atoms with Gasteiger partial charge in [-0.1, -0.05) is 297 Å². The highest BCUT2D eigenvalue weighted by atomic mass is 16.3. The molecule has 0 fully saturated rings. The van der Waals surface area contributed by atoms with Gasteiger partial charge in [-0.25, -0.2) is 29.9 Å². The van der Waals surface area contributed by atoms with Gasteiger partial charge >= 0.3 is 0 Å². The predicted octanol–water partition coefficient (Wildman–Crippen LogP) is 26.4. The van der Waals surface area contributed by atoms with Crippen molar-refractivity contribution in [1.82, 2.24) is 39.0 Å². The lowest BCUT2D eigenvalue weighted by Gasteiger charge is -2.15. The number of fused-ring (bicyclic) bond motifs is 12. The smallest absolute Gasteiger partial charge is 0.164 e. The number of hydrogen-bond donors (Lipinski definition) is 0. The third kappa shape index (κ3) is 11.6. The van der Waals surface area contributed by atoms with Gasteiger partial charge in [0.2, 0.25) is 0 Å². The second kappa shape index (κ2) is 27.5. The van der Waals surface area contributed by atoms with Gasteiger partial charge in [-0.15, -0.1) is 0 Å². The summed E-state index contributed by atoms with van der Waals surface area (Å²) < 4.78 is 18.0. The van der Waals surface area contributed by atoms with E-state index in [0.717, 1.165) is 155 Å². The van der Waals surface area contributed by atoms with E-state index >= 15 is 0 Å². The van der Waals surface area contributed by atoms with Crippen molar-refractivity contribution >= 4 is 87.5 Å². The summed E-state index contributed by atoms with van der Waals surface area (Å²) in [4.78, 5) is 30.7. The first-order valence-corrected chi connectivity index (χ1v) is 37.5. The standard InChI is InChI=1S/2C51H32N4O/c1-5-16-33(17-6-1)36-28-29-38(42(30-36)51-53-49(34-18-7-2-8-19-34)52-50(54-51)35-20-9-3-10-21-35)40-25-15-27-46-48(40)43-31-41-39-24-13-14-26-44(39)55(37-22-11-4-12-23-37)45(41)32-47(43)56-46;1-5-15-33(16-6-1)36-25-27-39(44(29-36)51-53-49(34-17-7-2-8-18-34)52-50(54-51)35-19-9-3-10-20-35)37-26-28-47-42(30-37)43-31-41-40-23-13-14-24-45(40)55(38-21-11-4-12-22-38)46(41)32-48(43)56-47/h2*1-32H. The molecule has 0 saturated carbocycles. The van der Waals surface area contributed by atoms with Crippen LogP contribution in [-0.4, -0.2) is 39.0 Å². The largest absolute Gasteiger partial charge is 0.456 e. The van der Waals surface area contributed by atoms with Crippen molar-refractivity contribution in [3.05, 3.63) is 388 Å². The third-order valence-electron chi connectivity index (χ3n) is 21.3. The maximum absolute atomic E-state index is 6.75. The van der Waals surface area contributed by atoms with Gasteiger partial charge in [-0.2, -0.15) is 0 Å². The second-order valence-electron chi connectivity index (χ2n) is 28.0. The van der Waals surface area contributed by atoms with Crippen LogP contribution in [0.3, 0.4) is 0 Å². The predicted molar refractivity (Wildman–Crippen MR) is 457 cm³/mol. The van der Waals surface area contributed by atoms with Crippen LogP contribution in [0.15, 0.2) is 397 Å². The van der Waals surface area contributed by atoms with E-state index in [1.54, 1.807) is 0 Å². The quantitative estimate of drug-likeness (QED) is 0.119. The molecular formula is C102H64N8O2. The number of nitrogens with zero attached hydrogens (tertiary/aromatic N) is 8. The molecule has 0 aliphatic rings. The van der Waals surface area contributed by atoms with Crippen molar-refractivity contribution in [3.8, 4) is 124 Å². The molecule has 16 aromatic carbocycles. The van der Waals surface area contributed by atoms with Crippen molar-refractivity contribution in [3.63, 3.8) is 0 Å². The highest BCUT2D eigenvalue weighted by molar-refractivity contribution is 6.21. The number of benzene rings is 16. The second-order valence-corrected chi connectivity index (χ2v) is 28.0. The monoisotopic (exact) mass is 1430 g/mol. The summed E-state index contributed by atoms with van der Waals surface area (Å²) in [7, 11) is 0. The summed E-state index contributed by atoms with van der Waals surface area (Å²) in [6.45, 7) is 0. The Balaban J connectivity index is 0.000000141. The Hall–Kier alpha value is -15.3. The van der Waals surface area contributed by atoms with Gasteiger partial charge in [0.05, 0.1) is 22.1 Å². The summed E-state index contributed by atoms with van der Waals surface area (Å²) >= 11 is 0. The molecule has 0 radical (unpaired) electrons. The Morgan fingerprint density at radius 2 is 0.527 bits per heavy atom. The highest BCUT2D eigenvalue weighted by Crippen LogP contribution is 2.47. The van der Waals surface area contributed by atoms with E-state index in [4.69, 9.17) is 38.7 Å². The molecule has 0 amide bonds. The van der Waals surface area contributed by atoms with E-state index in [1.807, 2.05) is 133 Å². The van der Waals surface area contributed by atoms with Crippen LogP contribution in [0.25, 0.3) is 212 Å². The summed E-state index contributed by atoms with van der Waals surface area (Å²) in [6, 6.07) is 135. The van der Waals surface area contributed by atoms with Gasteiger partial charge in [-0.05, 0) is 123 Å². The van der Waals surface area contributed by atoms with E-state index in [1.165, 1.54) is 21.5 Å². The van der Waals surface area contributed by atoms with Crippen LogP contribution < -0.4 is 0 Å². The fraction of sp³-hybridized carbons (Fsp3) is 0. The average molecular weight is 1430 g/mol. The van der Waals surface area contributed by atoms with Crippen molar-refractivity contribution in [2.24, 2.45) is 0 Å². The van der Waals surface area contributed by atoms with Gasteiger partial charge in [-0.3, -0.25) is 0 Å². The Kier molecular flexibility index (Phi) is 16.0. The molecule has 6 aromatic heterocycles. The fourth-order valence-electron chi connectivity index (χ4n) is 16.1. The molecular weight excluding hydrogens is 1370 g/mol. The molecule has 0 saturated heterocycles. The molecule has 0 spiro atoms. The maximum Gasteiger partial charge on any atom is 0.164 e. The topological polar surface area (TPSA) is 113 Å². The molecule has 6 heterocycles. The average Bonchev–Trinajstić information content (AvgIpc) is 1.56. The van der Waals surface area contributed by atoms with Crippen LogP contribution in [0.2, 0.25) is 0 Å². The molecule has 112 heavy (non-hydrogen) atoms. The Bertz CT molecular complexity index is 7220. The van der Waals surface area contributed by atoms with Crippen LogP contribution in [0, 0.1) is 0 Å². The van der Waals surface area contributed by atoms with E-state index in [9.17, 15) is 0 Å². The van der Waals surface area contributed by atoms with Crippen molar-refractivity contribution < 1.29 is 8.83 Å². The summed E-state index contributed by atoms with van der Waals surface area (Å²) in [5.74, 6) is 3.70. The Morgan fingerprint density at radius 3 is 0.991 bits per heavy atom. The van der Waals surface area contributed by atoms with Gasteiger partial charge in [0.15, 0.2) is 34.9 Å². The third-order valence-corrected chi connectivity index (χ3v) is 21.3. The Labute approximate surface area is 643 Å². The molecule has 0 aliphatic heterocycles. The van der Waals surface area contributed by atoms with E-state index in [2.05, 4.69) is 264 Å². The molecule has 22 aromatic rings. The molecule has 0 aliphatic carbocycles. The minimum atomic E-state index is 0.601. The fourth-order valence-corrected chi connectivity index (χ4v) is 16.1. The molecule has 0 unspecified atom stereocenters. The first-order valence-electron chi connectivity index (χ1n) is 37.5. The molecule has 10 nitrogen and oxygen atoms in total. The summed E-state index contributed by atoms with van der Waals surface area (Å²) in [5.41, 5.74) is 24.2. The van der Waals surface area contributed by atoms with E-state index in [0.29, 0.717) is 34.9 Å². The number of hydrogen-bond acceptors (Lipinski definition) is 8. The number of furan rings is 2. The minimum Gasteiger partial charge on any atom is -0.456 e. The van der Waals surface area contributed by atoms with E-state index in [-0.39, 0.29) is 0 Å². The number of para-hydroxylation sites is 4. The molecule has 0 N–H and O–H groups in total. The highest BCUT2D eigenvalue weighted by Gasteiger charge is 2.25. The zero-order valence-corrected chi connectivity index (χ0v) is 60.3. The van der Waals surface area contributed by atoms with Crippen LogP contribution in [0.5, 0.6) is 0 Å². The summed E-state index contributed by atoms with van der Waals surface area (Å²) in [5, 5.41) is 9.00. The van der Waals surface area contributed by atoms with Crippen LogP contribution in [-0.2, 0) is 0 Å². The van der Waals surface area contributed by atoms with Crippen LogP contribution >= 0.6 is 0 Å². The van der Waals surface area contributed by atoms with Crippen molar-refractivity contribution in [2.75, 3.05) is 0 Å². The first kappa shape index (κ1) is 65.1. The molecule has 22 rings (SSSR count). The van der Waals surface area contributed by atoms with E-state index < -0.39 is 0 Å². The Morgan fingerprint density at radius 1 is 0.170 bits per heavy atom. The summed E-state index contributed by atoms with van der Waals surface area (Å²) in [6.07, 6.45) is 0. The normalized spacial score (nSPS) is 11.6. The molecule has 0 atom stereocenters. The zero-order chi connectivity index (χ0) is 74.0. The van der Waals surface area contributed by atoms with Gasteiger partial charge in [0.25, 0.3) is 0 Å². The lowest BCUT2D eigenvalue weighted by Crippen LogP contribution is -2.01. The molecule has 0 bridgehead atoms. The molecule has 10 heteroatoms. The lowest BCUT2D eigenvalue weighted by molar-refractivity contribution is 0.669. The van der Waals surface area contributed by atoms with Gasteiger partial charge < -0.3 is 18.0 Å².